The van der Waals surface area contributed by atoms with Crippen molar-refractivity contribution in [3.8, 4) is 28.6 Å². The number of phenols is 2. The molecule has 5 nitrogen and oxygen atoms in total. The largest absolute Gasteiger partial charge is 0.508 e. The van der Waals surface area contributed by atoms with E-state index in [2.05, 4.69) is 20.8 Å². The van der Waals surface area contributed by atoms with Crippen LogP contribution in [0.25, 0.3) is 22.3 Å². The van der Waals surface area contributed by atoms with E-state index in [-0.39, 0.29) is 27.9 Å². The maximum Gasteiger partial charge on any atom is 0.238 e. The van der Waals surface area contributed by atoms with Crippen LogP contribution in [0.5, 0.6) is 17.2 Å². The van der Waals surface area contributed by atoms with Crippen molar-refractivity contribution in [3.63, 3.8) is 0 Å². The molecule has 124 valence electrons. The summed E-state index contributed by atoms with van der Waals surface area (Å²) < 4.78 is 5.58. The first-order valence-electron chi connectivity index (χ1n) is 7.51. The maximum absolute atomic E-state index is 12.3. The van der Waals surface area contributed by atoms with Crippen molar-refractivity contribution < 1.29 is 19.7 Å². The first-order valence-corrected chi connectivity index (χ1v) is 7.51. The summed E-state index contributed by atoms with van der Waals surface area (Å²) in [6, 6.07) is 9.57. The van der Waals surface area contributed by atoms with Crippen LogP contribution < -0.4 is 5.43 Å². The van der Waals surface area contributed by atoms with Crippen molar-refractivity contribution in [2.45, 2.75) is 26.2 Å². The van der Waals surface area contributed by atoms with Gasteiger partial charge in [0, 0.05) is 17.7 Å². The summed E-state index contributed by atoms with van der Waals surface area (Å²) in [5.74, 6) is -1.25. The normalized spacial score (nSPS) is 11.8. The number of aromatic hydroxyl groups is 3. The number of hydrogen-bond donors (Lipinski definition) is 3. The zero-order chi connectivity index (χ0) is 17.6. The lowest BCUT2D eigenvalue weighted by Crippen LogP contribution is -2.10. The van der Waals surface area contributed by atoms with Crippen LogP contribution in [0.3, 0.4) is 0 Å². The molecule has 1 aromatic heterocycles. The molecule has 0 saturated heterocycles. The van der Waals surface area contributed by atoms with Gasteiger partial charge in [0.2, 0.25) is 11.2 Å². The van der Waals surface area contributed by atoms with Crippen molar-refractivity contribution >= 4 is 11.0 Å². The Morgan fingerprint density at radius 1 is 0.958 bits per heavy atom. The summed E-state index contributed by atoms with van der Waals surface area (Å²) in [7, 11) is 0. The van der Waals surface area contributed by atoms with Crippen LogP contribution in [-0.2, 0) is 5.41 Å². The molecule has 0 bridgehead atoms. The highest BCUT2D eigenvalue weighted by Crippen LogP contribution is 2.35. The number of rotatable bonds is 1. The van der Waals surface area contributed by atoms with Crippen molar-refractivity contribution in [1.29, 1.82) is 0 Å². The van der Waals surface area contributed by atoms with Crippen molar-refractivity contribution in [3.05, 3.63) is 52.2 Å². The molecule has 24 heavy (non-hydrogen) atoms. The second-order valence-corrected chi connectivity index (χ2v) is 6.77. The first-order chi connectivity index (χ1) is 11.2. The minimum Gasteiger partial charge on any atom is -0.508 e. The average Bonchev–Trinajstić information content (AvgIpc) is 2.49. The molecule has 0 aliphatic rings. The Labute approximate surface area is 138 Å². The lowest BCUT2D eigenvalue weighted by atomic mass is 9.86. The summed E-state index contributed by atoms with van der Waals surface area (Å²) in [4.78, 5) is 12.3. The molecular formula is C19H18O5. The highest BCUT2D eigenvalue weighted by atomic mass is 16.4. The van der Waals surface area contributed by atoms with Gasteiger partial charge in [-0.1, -0.05) is 45.0 Å². The molecule has 3 N–H and O–H groups in total. The standard InChI is InChI=1S/C19H18O5/c1-19(2,3)11-6-4-10(5-7-11)18-17(23)16(22)15-13(21)8-12(20)9-14(15)24-18/h4-9,20-21,23H,1-3H3. The van der Waals surface area contributed by atoms with Gasteiger partial charge < -0.3 is 19.7 Å². The second kappa shape index (κ2) is 5.30. The van der Waals surface area contributed by atoms with Crippen LogP contribution in [0.15, 0.2) is 45.6 Å². The van der Waals surface area contributed by atoms with E-state index in [9.17, 15) is 20.1 Å². The van der Waals surface area contributed by atoms with Gasteiger partial charge in [-0.15, -0.1) is 0 Å². The molecule has 0 aliphatic carbocycles. The lowest BCUT2D eigenvalue weighted by Gasteiger charge is -2.19. The Morgan fingerprint density at radius 3 is 2.17 bits per heavy atom. The zero-order valence-corrected chi connectivity index (χ0v) is 13.6. The second-order valence-electron chi connectivity index (χ2n) is 6.77. The van der Waals surface area contributed by atoms with Gasteiger partial charge >= 0.3 is 0 Å². The molecule has 0 aliphatic heterocycles. The zero-order valence-electron chi connectivity index (χ0n) is 13.6. The van der Waals surface area contributed by atoms with Crippen LogP contribution in [0.2, 0.25) is 0 Å². The first kappa shape index (κ1) is 15.9. The lowest BCUT2D eigenvalue weighted by molar-refractivity contribution is 0.438. The van der Waals surface area contributed by atoms with E-state index in [0.29, 0.717) is 5.56 Å². The van der Waals surface area contributed by atoms with Crippen molar-refractivity contribution in [2.24, 2.45) is 0 Å². The Hall–Kier alpha value is -2.95. The number of phenolic OH excluding ortho intramolecular Hbond substituents is 2. The summed E-state index contributed by atoms with van der Waals surface area (Å²) in [5.41, 5.74) is 0.864. The fourth-order valence-corrected chi connectivity index (χ4v) is 2.59. The van der Waals surface area contributed by atoms with E-state index in [0.717, 1.165) is 11.6 Å². The fraction of sp³-hybridized carbons (Fsp3) is 0.211. The molecule has 0 spiro atoms. The van der Waals surface area contributed by atoms with Crippen LogP contribution in [-0.4, -0.2) is 15.3 Å². The molecule has 3 rings (SSSR count). The molecule has 0 fully saturated rings. The number of benzene rings is 2. The Balaban J connectivity index is 2.24. The maximum atomic E-state index is 12.3. The van der Waals surface area contributed by atoms with E-state index < -0.39 is 16.9 Å². The van der Waals surface area contributed by atoms with Crippen LogP contribution in [0.4, 0.5) is 0 Å². The highest BCUT2D eigenvalue weighted by Gasteiger charge is 2.19. The third-order valence-electron chi connectivity index (χ3n) is 3.95. The summed E-state index contributed by atoms with van der Waals surface area (Å²) in [5, 5.41) is 29.4. The molecular weight excluding hydrogens is 308 g/mol. The quantitative estimate of drug-likeness (QED) is 0.631. The molecule has 0 atom stereocenters. The third-order valence-corrected chi connectivity index (χ3v) is 3.95. The van der Waals surface area contributed by atoms with Crippen LogP contribution in [0, 0.1) is 0 Å². The Kier molecular flexibility index (Phi) is 3.52. The summed E-state index contributed by atoms with van der Waals surface area (Å²) >= 11 is 0. The highest BCUT2D eigenvalue weighted by molar-refractivity contribution is 5.88. The summed E-state index contributed by atoms with van der Waals surface area (Å²) in [6.45, 7) is 6.25. The third kappa shape index (κ3) is 2.58. The van der Waals surface area contributed by atoms with Gasteiger partial charge in [0.05, 0.1) is 0 Å². The molecule has 1 heterocycles. The topological polar surface area (TPSA) is 90.9 Å². The predicted octanol–water partition coefficient (Wildman–Crippen LogP) is 3.87. The van der Waals surface area contributed by atoms with Crippen LogP contribution in [0.1, 0.15) is 26.3 Å². The van der Waals surface area contributed by atoms with Gasteiger partial charge in [-0.3, -0.25) is 4.79 Å². The molecule has 0 amide bonds. The van der Waals surface area contributed by atoms with E-state index in [1.807, 2.05) is 12.1 Å². The van der Waals surface area contributed by atoms with Gasteiger partial charge in [-0.05, 0) is 11.0 Å². The fourth-order valence-electron chi connectivity index (χ4n) is 2.59. The molecule has 0 unspecified atom stereocenters. The molecule has 3 aromatic rings. The minimum absolute atomic E-state index is 0.00189. The van der Waals surface area contributed by atoms with Crippen molar-refractivity contribution in [1.82, 2.24) is 0 Å². The monoisotopic (exact) mass is 326 g/mol. The van der Waals surface area contributed by atoms with Crippen molar-refractivity contribution in [2.75, 3.05) is 0 Å². The van der Waals surface area contributed by atoms with E-state index >= 15 is 0 Å². The Morgan fingerprint density at radius 2 is 1.58 bits per heavy atom. The van der Waals surface area contributed by atoms with E-state index in [4.69, 9.17) is 4.42 Å². The van der Waals surface area contributed by atoms with E-state index in [1.165, 1.54) is 6.07 Å². The molecule has 0 radical (unpaired) electrons. The smallest absolute Gasteiger partial charge is 0.238 e. The van der Waals surface area contributed by atoms with Crippen LogP contribution >= 0.6 is 0 Å². The van der Waals surface area contributed by atoms with E-state index in [1.54, 1.807) is 12.1 Å². The van der Waals surface area contributed by atoms with Gasteiger partial charge in [0.15, 0.2) is 5.76 Å². The number of fused-ring (bicyclic) bond motifs is 1. The summed E-state index contributed by atoms with van der Waals surface area (Å²) in [6.07, 6.45) is 0. The number of hydrogen-bond acceptors (Lipinski definition) is 5. The molecule has 2 aromatic carbocycles. The average molecular weight is 326 g/mol. The van der Waals surface area contributed by atoms with Gasteiger partial charge in [-0.2, -0.15) is 0 Å². The Bertz CT molecular complexity index is 976. The molecule has 5 heteroatoms. The molecule has 0 saturated carbocycles. The minimum atomic E-state index is -0.747. The van der Waals surface area contributed by atoms with Gasteiger partial charge in [0.1, 0.15) is 22.5 Å². The van der Waals surface area contributed by atoms with Gasteiger partial charge in [0.25, 0.3) is 0 Å². The predicted molar refractivity (Wildman–Crippen MR) is 91.6 cm³/mol. The van der Waals surface area contributed by atoms with Gasteiger partial charge in [-0.25, -0.2) is 0 Å². The SMILES string of the molecule is CC(C)(C)c1ccc(-c2oc3cc(O)cc(O)c3c(=O)c2O)cc1.